The molecule has 1 aromatic carbocycles. The number of hydrogen-bond donors (Lipinski definition) is 0. The van der Waals surface area contributed by atoms with Crippen LogP contribution in [0.5, 0.6) is 0 Å². The molecule has 2 heteroatoms. The van der Waals surface area contributed by atoms with Gasteiger partial charge in [0.2, 0.25) is 0 Å². The molecule has 15 heavy (non-hydrogen) atoms. The Bertz CT molecular complexity index is 584. The molecule has 1 radical (unpaired) electrons. The van der Waals surface area contributed by atoms with Crippen LogP contribution >= 0.6 is 11.3 Å². The number of rotatable bonds is 1. The summed E-state index contributed by atoms with van der Waals surface area (Å²) in [7, 11) is 0. The van der Waals surface area contributed by atoms with Gasteiger partial charge in [-0.3, -0.25) is 4.98 Å². The molecule has 0 aliphatic rings. The SMILES string of the molecule is [c]1cc2cc(-c3ccccn3)ccc2s1. The summed E-state index contributed by atoms with van der Waals surface area (Å²) in [6.45, 7) is 0. The summed E-state index contributed by atoms with van der Waals surface area (Å²) >= 11 is 1.65. The Labute approximate surface area is 92.0 Å². The van der Waals surface area contributed by atoms with Crippen molar-refractivity contribution in [3.63, 3.8) is 0 Å². The number of nitrogens with zero attached hydrogens (tertiary/aromatic N) is 1. The van der Waals surface area contributed by atoms with Crippen molar-refractivity contribution in [2.24, 2.45) is 0 Å². The highest BCUT2D eigenvalue weighted by Gasteiger charge is 2.00. The fourth-order valence-electron chi connectivity index (χ4n) is 1.60. The van der Waals surface area contributed by atoms with E-state index < -0.39 is 0 Å². The summed E-state index contributed by atoms with van der Waals surface area (Å²) in [5.41, 5.74) is 2.18. The summed E-state index contributed by atoms with van der Waals surface area (Å²) in [5.74, 6) is 0. The molecular formula is C13H8NS. The van der Waals surface area contributed by atoms with E-state index in [0.717, 1.165) is 11.3 Å². The Morgan fingerprint density at radius 1 is 1.13 bits per heavy atom. The Hall–Kier alpha value is -1.67. The first-order valence-corrected chi connectivity index (χ1v) is 5.56. The monoisotopic (exact) mass is 210 g/mol. The van der Waals surface area contributed by atoms with Crippen LogP contribution in [0, 0.1) is 5.38 Å². The number of benzene rings is 1. The van der Waals surface area contributed by atoms with Crippen molar-refractivity contribution < 1.29 is 0 Å². The van der Waals surface area contributed by atoms with E-state index in [-0.39, 0.29) is 0 Å². The smallest absolute Gasteiger partial charge is 0.0702 e. The molecular weight excluding hydrogens is 202 g/mol. The van der Waals surface area contributed by atoms with Crippen LogP contribution in [0.15, 0.2) is 48.7 Å². The molecule has 0 bridgehead atoms. The molecule has 0 spiro atoms. The third-order valence-corrected chi connectivity index (χ3v) is 3.18. The first kappa shape index (κ1) is 8.62. The largest absolute Gasteiger partial charge is 0.256 e. The predicted molar refractivity (Wildman–Crippen MR) is 63.9 cm³/mol. The van der Waals surface area contributed by atoms with Crippen LogP contribution in [0.4, 0.5) is 0 Å². The van der Waals surface area contributed by atoms with Crippen molar-refractivity contribution in [2.45, 2.75) is 0 Å². The molecule has 0 saturated heterocycles. The molecule has 0 amide bonds. The van der Waals surface area contributed by atoms with Crippen LogP contribution in [0.2, 0.25) is 0 Å². The third-order valence-electron chi connectivity index (χ3n) is 2.35. The van der Waals surface area contributed by atoms with Gasteiger partial charge in [0.25, 0.3) is 0 Å². The minimum absolute atomic E-state index is 1.02. The van der Waals surface area contributed by atoms with E-state index in [9.17, 15) is 0 Å². The van der Waals surface area contributed by atoms with Gasteiger partial charge < -0.3 is 0 Å². The predicted octanol–water partition coefficient (Wildman–Crippen LogP) is 3.76. The van der Waals surface area contributed by atoms with Crippen LogP contribution in [0.1, 0.15) is 0 Å². The summed E-state index contributed by atoms with van der Waals surface area (Å²) < 4.78 is 1.27. The maximum atomic E-state index is 4.33. The first-order chi connectivity index (χ1) is 7.43. The second kappa shape index (κ2) is 3.48. The molecule has 0 saturated carbocycles. The molecule has 0 unspecified atom stereocenters. The van der Waals surface area contributed by atoms with Gasteiger partial charge >= 0.3 is 0 Å². The molecule has 3 aromatic rings. The van der Waals surface area contributed by atoms with Gasteiger partial charge in [0, 0.05) is 21.8 Å². The zero-order valence-electron chi connectivity index (χ0n) is 7.97. The lowest BCUT2D eigenvalue weighted by molar-refractivity contribution is 1.33. The van der Waals surface area contributed by atoms with E-state index in [1.165, 1.54) is 10.1 Å². The highest BCUT2D eigenvalue weighted by Crippen LogP contribution is 2.25. The summed E-state index contributed by atoms with van der Waals surface area (Å²) in [4.78, 5) is 4.33. The van der Waals surface area contributed by atoms with Gasteiger partial charge in [-0.2, -0.15) is 0 Å². The van der Waals surface area contributed by atoms with Crippen molar-refractivity contribution in [1.82, 2.24) is 4.98 Å². The topological polar surface area (TPSA) is 12.9 Å². The Morgan fingerprint density at radius 3 is 3.00 bits per heavy atom. The van der Waals surface area contributed by atoms with Crippen LogP contribution in [0.25, 0.3) is 21.3 Å². The average molecular weight is 210 g/mol. The molecule has 0 atom stereocenters. The van der Waals surface area contributed by atoms with E-state index >= 15 is 0 Å². The lowest BCUT2D eigenvalue weighted by atomic mass is 10.1. The van der Waals surface area contributed by atoms with E-state index in [4.69, 9.17) is 0 Å². The number of thiophene rings is 1. The molecule has 1 nitrogen and oxygen atoms in total. The third kappa shape index (κ3) is 1.53. The van der Waals surface area contributed by atoms with Crippen molar-refractivity contribution in [3.8, 4) is 11.3 Å². The van der Waals surface area contributed by atoms with E-state index in [0.29, 0.717) is 0 Å². The minimum Gasteiger partial charge on any atom is -0.256 e. The Balaban J connectivity index is 2.19. The van der Waals surface area contributed by atoms with Gasteiger partial charge in [0.1, 0.15) is 0 Å². The fraction of sp³-hybridized carbons (Fsp3) is 0. The van der Waals surface area contributed by atoms with Crippen LogP contribution in [0.3, 0.4) is 0 Å². The van der Waals surface area contributed by atoms with Gasteiger partial charge in [0.15, 0.2) is 0 Å². The number of pyridine rings is 1. The number of fused-ring (bicyclic) bond motifs is 1. The lowest BCUT2D eigenvalue weighted by Crippen LogP contribution is -1.80. The zero-order chi connectivity index (χ0) is 10.1. The number of hydrogen-bond acceptors (Lipinski definition) is 2. The van der Waals surface area contributed by atoms with Gasteiger partial charge in [-0.05, 0) is 35.7 Å². The van der Waals surface area contributed by atoms with Crippen molar-refractivity contribution in [2.75, 3.05) is 0 Å². The van der Waals surface area contributed by atoms with Crippen LogP contribution in [-0.4, -0.2) is 4.98 Å². The van der Waals surface area contributed by atoms with E-state index in [1.54, 1.807) is 11.3 Å². The molecule has 2 heterocycles. The molecule has 0 aliphatic heterocycles. The molecule has 0 aliphatic carbocycles. The molecule has 0 N–H and O–H groups in total. The average Bonchev–Trinajstić information content (AvgIpc) is 2.77. The Kier molecular flexibility index (Phi) is 2.00. The number of aromatic nitrogens is 1. The zero-order valence-corrected chi connectivity index (χ0v) is 8.79. The highest BCUT2D eigenvalue weighted by molar-refractivity contribution is 7.16. The highest BCUT2D eigenvalue weighted by atomic mass is 32.1. The second-order valence-electron chi connectivity index (χ2n) is 3.33. The summed E-state index contributed by atoms with van der Waals surface area (Å²) in [5, 5.41) is 4.38. The minimum atomic E-state index is 1.02. The second-order valence-corrected chi connectivity index (χ2v) is 4.21. The van der Waals surface area contributed by atoms with Gasteiger partial charge in [0.05, 0.1) is 5.69 Å². The van der Waals surface area contributed by atoms with Gasteiger partial charge in [-0.1, -0.05) is 12.1 Å². The van der Waals surface area contributed by atoms with E-state index in [1.807, 2.05) is 30.5 Å². The molecule has 2 aromatic heterocycles. The molecule has 71 valence electrons. The Morgan fingerprint density at radius 2 is 2.13 bits per heavy atom. The maximum absolute atomic E-state index is 4.33. The van der Waals surface area contributed by atoms with E-state index in [2.05, 4.69) is 28.6 Å². The first-order valence-electron chi connectivity index (χ1n) is 4.74. The van der Waals surface area contributed by atoms with Crippen LogP contribution in [-0.2, 0) is 0 Å². The standard InChI is InChI=1S/C13H8NS/c1-2-7-14-12(3-1)10-4-5-13-11(9-10)6-8-15-13/h1-7,9H. The molecule has 0 fully saturated rings. The maximum Gasteiger partial charge on any atom is 0.0702 e. The van der Waals surface area contributed by atoms with Gasteiger partial charge in [-0.25, -0.2) is 0 Å². The summed E-state index contributed by atoms with van der Waals surface area (Å²) in [6.07, 6.45) is 1.82. The van der Waals surface area contributed by atoms with Crippen molar-refractivity contribution >= 4 is 21.4 Å². The fourth-order valence-corrected chi connectivity index (χ4v) is 2.29. The van der Waals surface area contributed by atoms with Crippen molar-refractivity contribution in [3.05, 3.63) is 54.0 Å². The van der Waals surface area contributed by atoms with Crippen molar-refractivity contribution in [1.29, 1.82) is 0 Å². The molecule has 3 rings (SSSR count). The quantitative estimate of drug-likeness (QED) is 0.596. The van der Waals surface area contributed by atoms with Gasteiger partial charge in [-0.15, -0.1) is 11.3 Å². The van der Waals surface area contributed by atoms with Crippen LogP contribution < -0.4 is 0 Å². The normalized spacial score (nSPS) is 10.7. The lowest BCUT2D eigenvalue weighted by Gasteiger charge is -1.99. The summed E-state index contributed by atoms with van der Waals surface area (Å²) in [6, 6.07) is 14.4.